The van der Waals surface area contributed by atoms with Crippen molar-refractivity contribution in [2.75, 3.05) is 18.9 Å². The molecule has 0 radical (unpaired) electrons. The molecule has 2 aromatic rings. The Bertz CT molecular complexity index is 880. The number of carbonyl (C=O) groups is 1. The minimum Gasteiger partial charge on any atom is -0.382 e. The number of benzene rings is 2. The Labute approximate surface area is 160 Å². The average Bonchev–Trinajstić information content (AvgIpc) is 2.61. The molecule has 1 amide bonds. The van der Waals surface area contributed by atoms with Gasteiger partial charge in [0.1, 0.15) is 0 Å². The molecule has 0 saturated heterocycles. The van der Waals surface area contributed by atoms with Crippen molar-refractivity contribution in [2.24, 2.45) is 16.7 Å². The molecule has 7 nitrogen and oxygen atoms in total. The lowest BCUT2D eigenvalue weighted by atomic mass is 10.1. The molecule has 0 spiro atoms. The second kappa shape index (κ2) is 8.61. The number of carbonyl (C=O) groups excluding carboxylic acids is 1. The van der Waals surface area contributed by atoms with Gasteiger partial charge in [-0.3, -0.25) is 4.79 Å². The standard InChI is InChI=1S/C18H21F3N6O/c1-3-24-17(28)11-7-8-15(14(9-11)16(22)26-27(2)23)25-13-6-4-5-12(10-13)18(19,20)21/h4-10,25H,3,23H2,1-2H3,(H2,22,26)(H,24,28). The van der Waals surface area contributed by atoms with E-state index in [2.05, 4.69) is 15.7 Å². The molecule has 0 aromatic heterocycles. The van der Waals surface area contributed by atoms with Gasteiger partial charge in [-0.25, -0.2) is 11.0 Å². The number of hydrazine groups is 1. The molecule has 0 aliphatic rings. The summed E-state index contributed by atoms with van der Waals surface area (Å²) in [6, 6.07) is 9.29. The number of amides is 1. The third-order valence-electron chi connectivity index (χ3n) is 3.63. The lowest BCUT2D eigenvalue weighted by Crippen LogP contribution is -2.27. The summed E-state index contributed by atoms with van der Waals surface area (Å²) < 4.78 is 38.8. The monoisotopic (exact) mass is 394 g/mol. The van der Waals surface area contributed by atoms with E-state index in [1.807, 2.05) is 0 Å². The molecule has 0 aliphatic heterocycles. The topological polar surface area (TPSA) is 109 Å². The lowest BCUT2D eigenvalue weighted by Gasteiger charge is -2.16. The molecule has 0 heterocycles. The van der Waals surface area contributed by atoms with E-state index >= 15 is 0 Å². The first-order chi connectivity index (χ1) is 13.1. The summed E-state index contributed by atoms with van der Waals surface area (Å²) in [4.78, 5) is 12.1. The van der Waals surface area contributed by atoms with Crippen molar-refractivity contribution in [1.82, 2.24) is 10.4 Å². The maximum Gasteiger partial charge on any atom is 0.416 e. The average molecular weight is 394 g/mol. The summed E-state index contributed by atoms with van der Waals surface area (Å²) in [5.74, 6) is 5.16. The first-order valence-corrected chi connectivity index (χ1v) is 8.31. The van der Waals surface area contributed by atoms with Crippen LogP contribution in [-0.2, 0) is 6.18 Å². The van der Waals surface area contributed by atoms with Crippen LogP contribution in [0.4, 0.5) is 24.5 Å². The van der Waals surface area contributed by atoms with E-state index in [0.717, 1.165) is 17.3 Å². The zero-order chi connectivity index (χ0) is 20.9. The number of nitrogens with two attached hydrogens (primary N) is 2. The molecule has 6 N–H and O–H groups in total. The van der Waals surface area contributed by atoms with Gasteiger partial charge in [0.05, 0.1) is 5.56 Å². The Morgan fingerprint density at radius 3 is 2.54 bits per heavy atom. The van der Waals surface area contributed by atoms with E-state index < -0.39 is 11.7 Å². The Hall–Kier alpha value is -3.27. The maximum absolute atomic E-state index is 12.9. The summed E-state index contributed by atoms with van der Waals surface area (Å²) in [6.07, 6.45) is -4.47. The molecule has 2 aromatic carbocycles. The van der Waals surface area contributed by atoms with Crippen molar-refractivity contribution in [2.45, 2.75) is 13.1 Å². The van der Waals surface area contributed by atoms with Gasteiger partial charge in [-0.05, 0) is 43.3 Å². The van der Waals surface area contributed by atoms with Gasteiger partial charge in [0.25, 0.3) is 5.91 Å². The molecule has 2 rings (SSSR count). The van der Waals surface area contributed by atoms with Crippen LogP contribution >= 0.6 is 0 Å². The number of halogens is 3. The second-order valence-electron chi connectivity index (χ2n) is 5.88. The normalized spacial score (nSPS) is 11.9. The van der Waals surface area contributed by atoms with Crippen LogP contribution < -0.4 is 22.2 Å². The van der Waals surface area contributed by atoms with Crippen molar-refractivity contribution < 1.29 is 18.0 Å². The molecule has 0 fully saturated rings. The second-order valence-corrected chi connectivity index (χ2v) is 5.88. The molecule has 0 aliphatic carbocycles. The minimum atomic E-state index is -4.47. The molecule has 0 atom stereocenters. The summed E-state index contributed by atoms with van der Waals surface area (Å²) in [5.41, 5.74) is 6.40. The molecule has 150 valence electrons. The van der Waals surface area contributed by atoms with Crippen LogP contribution in [0.25, 0.3) is 0 Å². The van der Waals surface area contributed by atoms with Crippen molar-refractivity contribution in [3.63, 3.8) is 0 Å². The molecule has 0 saturated carbocycles. The van der Waals surface area contributed by atoms with E-state index in [4.69, 9.17) is 11.6 Å². The Morgan fingerprint density at radius 2 is 1.93 bits per heavy atom. The number of hydrazone groups is 1. The molecular weight excluding hydrogens is 373 g/mol. The minimum absolute atomic E-state index is 0.00868. The summed E-state index contributed by atoms with van der Waals surface area (Å²) in [6.45, 7) is 2.22. The molecule has 0 bridgehead atoms. The third kappa shape index (κ3) is 5.36. The quantitative estimate of drug-likeness (QED) is 0.261. The Balaban J connectivity index is 2.47. The van der Waals surface area contributed by atoms with Crippen molar-refractivity contribution in [3.8, 4) is 0 Å². The van der Waals surface area contributed by atoms with Crippen LogP contribution in [0.3, 0.4) is 0 Å². The highest BCUT2D eigenvalue weighted by Gasteiger charge is 2.30. The lowest BCUT2D eigenvalue weighted by molar-refractivity contribution is -0.137. The van der Waals surface area contributed by atoms with Crippen LogP contribution in [0.1, 0.15) is 28.4 Å². The largest absolute Gasteiger partial charge is 0.416 e. The van der Waals surface area contributed by atoms with Gasteiger partial charge in [-0.2, -0.15) is 13.2 Å². The van der Waals surface area contributed by atoms with E-state index in [0.29, 0.717) is 23.4 Å². The number of hydrogen-bond acceptors (Lipinski definition) is 5. The smallest absolute Gasteiger partial charge is 0.382 e. The fraction of sp³-hybridized carbons (Fsp3) is 0.222. The number of nitrogens with one attached hydrogen (secondary N) is 2. The maximum atomic E-state index is 12.9. The van der Waals surface area contributed by atoms with Crippen LogP contribution in [-0.4, -0.2) is 30.5 Å². The van der Waals surface area contributed by atoms with E-state index in [1.165, 1.54) is 31.3 Å². The van der Waals surface area contributed by atoms with E-state index in [-0.39, 0.29) is 17.4 Å². The van der Waals surface area contributed by atoms with Crippen LogP contribution in [0.5, 0.6) is 0 Å². The predicted octanol–water partition coefficient (Wildman–Crippen LogP) is 2.62. The zero-order valence-corrected chi connectivity index (χ0v) is 15.3. The van der Waals surface area contributed by atoms with Crippen LogP contribution in [0, 0.1) is 0 Å². The highest BCUT2D eigenvalue weighted by atomic mass is 19.4. The van der Waals surface area contributed by atoms with Crippen LogP contribution in [0.15, 0.2) is 47.6 Å². The van der Waals surface area contributed by atoms with Crippen molar-refractivity contribution >= 4 is 23.1 Å². The number of anilines is 2. The van der Waals surface area contributed by atoms with Crippen molar-refractivity contribution in [1.29, 1.82) is 0 Å². The number of amidine groups is 1. The predicted molar refractivity (Wildman–Crippen MR) is 102 cm³/mol. The highest BCUT2D eigenvalue weighted by molar-refractivity contribution is 6.05. The van der Waals surface area contributed by atoms with Crippen LogP contribution in [0.2, 0.25) is 0 Å². The number of alkyl halides is 3. The SMILES string of the molecule is CCNC(=O)c1ccc(Nc2cccc(C(F)(F)F)c2)c(/C(N)=N/N(C)N)c1. The fourth-order valence-corrected chi connectivity index (χ4v) is 2.42. The molecular formula is C18H21F3N6O. The van der Waals surface area contributed by atoms with Gasteiger partial charge >= 0.3 is 6.18 Å². The molecule has 10 heteroatoms. The number of rotatable bonds is 6. The van der Waals surface area contributed by atoms with E-state index in [1.54, 1.807) is 13.0 Å². The van der Waals surface area contributed by atoms with Gasteiger partial charge in [0.15, 0.2) is 5.84 Å². The summed E-state index contributed by atoms with van der Waals surface area (Å²) in [7, 11) is 1.46. The van der Waals surface area contributed by atoms with Gasteiger partial charge in [0.2, 0.25) is 0 Å². The van der Waals surface area contributed by atoms with Gasteiger partial charge in [-0.1, -0.05) is 6.07 Å². The number of nitrogens with zero attached hydrogens (tertiary/aromatic N) is 2. The molecule has 28 heavy (non-hydrogen) atoms. The first-order valence-electron chi connectivity index (χ1n) is 8.31. The third-order valence-corrected chi connectivity index (χ3v) is 3.63. The fourth-order valence-electron chi connectivity index (χ4n) is 2.42. The van der Waals surface area contributed by atoms with Gasteiger partial charge in [-0.15, -0.1) is 5.10 Å². The van der Waals surface area contributed by atoms with E-state index in [9.17, 15) is 18.0 Å². The van der Waals surface area contributed by atoms with Crippen molar-refractivity contribution in [3.05, 3.63) is 59.2 Å². The summed E-state index contributed by atoms with van der Waals surface area (Å²) in [5, 5.41) is 10.4. The first kappa shape index (κ1) is 21.0. The summed E-state index contributed by atoms with van der Waals surface area (Å²) >= 11 is 0. The highest BCUT2D eigenvalue weighted by Crippen LogP contribution is 2.32. The van der Waals surface area contributed by atoms with Gasteiger partial charge in [0, 0.05) is 36.1 Å². The Kier molecular flexibility index (Phi) is 6.47. The zero-order valence-electron chi connectivity index (χ0n) is 15.3. The number of hydrogen-bond donors (Lipinski definition) is 4. The molecule has 0 unspecified atom stereocenters. The Morgan fingerprint density at radius 1 is 1.21 bits per heavy atom. The van der Waals surface area contributed by atoms with Gasteiger partial charge < -0.3 is 16.4 Å².